The number of methoxy groups -OCH3 is 1. The Bertz CT molecular complexity index is 800. The number of aryl methyl sites for hydroxylation is 1. The predicted molar refractivity (Wildman–Crippen MR) is 90.2 cm³/mol. The molecule has 1 aliphatic heterocycles. The summed E-state index contributed by atoms with van der Waals surface area (Å²) in [4.78, 5) is 33.1. The van der Waals surface area contributed by atoms with E-state index in [0.717, 1.165) is 23.4 Å². The van der Waals surface area contributed by atoms with Crippen molar-refractivity contribution in [1.82, 2.24) is 14.9 Å². The standard InChI is InChI=1S/C18H21N3O3/c1-12-19-15(10-17(22)20-12)14-7-8-21(11-14)18(23)9-13-5-3-4-6-16(13)24-2/h3-6,10,14H,7-9,11H2,1-2H3,(H,19,20,22). The Balaban J connectivity index is 1.69. The monoisotopic (exact) mass is 327 g/mol. The molecule has 1 atom stereocenters. The first-order chi connectivity index (χ1) is 11.6. The van der Waals surface area contributed by atoms with Gasteiger partial charge in [0.1, 0.15) is 11.6 Å². The lowest BCUT2D eigenvalue weighted by atomic mass is 10.0. The number of likely N-dealkylation sites (tertiary alicyclic amines) is 1. The number of carbonyl (C=O) groups is 1. The molecule has 0 saturated carbocycles. The molecule has 2 heterocycles. The van der Waals surface area contributed by atoms with Crippen LogP contribution < -0.4 is 10.3 Å². The third-order valence-electron chi connectivity index (χ3n) is 4.37. The SMILES string of the molecule is COc1ccccc1CC(=O)N1CCC(c2cc(=O)[nH]c(C)n2)C1. The lowest BCUT2D eigenvalue weighted by molar-refractivity contribution is -0.129. The van der Waals surface area contributed by atoms with Gasteiger partial charge < -0.3 is 14.6 Å². The Labute approximate surface area is 140 Å². The smallest absolute Gasteiger partial charge is 0.251 e. The van der Waals surface area contributed by atoms with Crippen LogP contribution in [0.1, 0.15) is 29.4 Å². The number of aromatic nitrogens is 2. The van der Waals surface area contributed by atoms with Crippen LogP contribution in [0.15, 0.2) is 35.1 Å². The quantitative estimate of drug-likeness (QED) is 0.926. The van der Waals surface area contributed by atoms with Crippen LogP contribution in [0.2, 0.25) is 0 Å². The number of hydrogen-bond donors (Lipinski definition) is 1. The molecule has 1 amide bonds. The van der Waals surface area contributed by atoms with Crippen molar-refractivity contribution in [3.63, 3.8) is 0 Å². The summed E-state index contributed by atoms with van der Waals surface area (Å²) in [7, 11) is 1.61. The lowest BCUT2D eigenvalue weighted by Crippen LogP contribution is -2.30. The molecule has 24 heavy (non-hydrogen) atoms. The molecule has 0 aliphatic carbocycles. The van der Waals surface area contributed by atoms with E-state index >= 15 is 0 Å². The summed E-state index contributed by atoms with van der Waals surface area (Å²) < 4.78 is 5.31. The highest BCUT2D eigenvalue weighted by Gasteiger charge is 2.28. The minimum Gasteiger partial charge on any atom is -0.496 e. The van der Waals surface area contributed by atoms with Gasteiger partial charge in [0, 0.05) is 30.6 Å². The molecule has 1 aliphatic rings. The number of nitrogens with one attached hydrogen (secondary N) is 1. The highest BCUT2D eigenvalue weighted by atomic mass is 16.5. The van der Waals surface area contributed by atoms with E-state index in [1.54, 1.807) is 14.0 Å². The zero-order valence-electron chi connectivity index (χ0n) is 13.9. The van der Waals surface area contributed by atoms with E-state index in [9.17, 15) is 9.59 Å². The van der Waals surface area contributed by atoms with E-state index in [-0.39, 0.29) is 17.4 Å². The molecule has 1 fully saturated rings. The van der Waals surface area contributed by atoms with Gasteiger partial charge >= 0.3 is 0 Å². The van der Waals surface area contributed by atoms with Crippen LogP contribution in [0.25, 0.3) is 0 Å². The van der Waals surface area contributed by atoms with Crippen LogP contribution in [-0.4, -0.2) is 41.0 Å². The van der Waals surface area contributed by atoms with Gasteiger partial charge in [0.2, 0.25) is 5.91 Å². The molecular weight excluding hydrogens is 306 g/mol. The van der Waals surface area contributed by atoms with Gasteiger partial charge in [-0.25, -0.2) is 4.98 Å². The molecule has 0 radical (unpaired) electrons. The molecule has 126 valence electrons. The number of H-pyrrole nitrogens is 1. The Morgan fingerprint density at radius 2 is 2.21 bits per heavy atom. The van der Waals surface area contributed by atoms with Gasteiger partial charge in [-0.2, -0.15) is 0 Å². The van der Waals surface area contributed by atoms with Gasteiger partial charge in [-0.15, -0.1) is 0 Å². The van der Waals surface area contributed by atoms with Crippen LogP contribution in [0.3, 0.4) is 0 Å². The fourth-order valence-electron chi connectivity index (χ4n) is 3.16. The summed E-state index contributed by atoms with van der Waals surface area (Å²) in [5.41, 5.74) is 1.51. The number of hydrogen-bond acceptors (Lipinski definition) is 4. The lowest BCUT2D eigenvalue weighted by Gasteiger charge is -2.17. The molecule has 6 heteroatoms. The van der Waals surface area contributed by atoms with E-state index in [4.69, 9.17) is 4.74 Å². The average Bonchev–Trinajstić information content (AvgIpc) is 3.04. The number of rotatable bonds is 4. The zero-order chi connectivity index (χ0) is 17.1. The first kappa shape index (κ1) is 16.2. The largest absolute Gasteiger partial charge is 0.496 e. The van der Waals surface area contributed by atoms with E-state index in [0.29, 0.717) is 25.3 Å². The molecule has 6 nitrogen and oxygen atoms in total. The molecule has 1 aromatic heterocycles. The normalized spacial score (nSPS) is 17.1. The second kappa shape index (κ2) is 6.86. The molecule has 1 saturated heterocycles. The van der Waals surface area contributed by atoms with Crippen LogP contribution in [-0.2, 0) is 11.2 Å². The van der Waals surface area contributed by atoms with Gasteiger partial charge in [-0.05, 0) is 19.4 Å². The van der Waals surface area contributed by atoms with Crippen LogP contribution in [0, 0.1) is 6.92 Å². The van der Waals surface area contributed by atoms with Crippen molar-refractivity contribution >= 4 is 5.91 Å². The number of carbonyl (C=O) groups excluding carboxylic acids is 1. The molecular formula is C18H21N3O3. The number of nitrogens with zero attached hydrogens (tertiary/aromatic N) is 2. The average molecular weight is 327 g/mol. The maximum Gasteiger partial charge on any atom is 0.251 e. The highest BCUT2D eigenvalue weighted by Crippen LogP contribution is 2.26. The number of aromatic amines is 1. The van der Waals surface area contributed by atoms with E-state index < -0.39 is 0 Å². The number of ether oxygens (including phenoxy) is 1. The van der Waals surface area contributed by atoms with Crippen LogP contribution in [0.4, 0.5) is 0 Å². The van der Waals surface area contributed by atoms with E-state index in [1.165, 1.54) is 6.07 Å². The summed E-state index contributed by atoms with van der Waals surface area (Å²) in [5, 5.41) is 0. The first-order valence-corrected chi connectivity index (χ1v) is 8.04. The second-order valence-corrected chi connectivity index (χ2v) is 6.07. The zero-order valence-corrected chi connectivity index (χ0v) is 13.9. The molecule has 3 rings (SSSR count). The summed E-state index contributed by atoms with van der Waals surface area (Å²) >= 11 is 0. The fraction of sp³-hybridized carbons (Fsp3) is 0.389. The van der Waals surface area contributed by atoms with Crippen molar-refractivity contribution in [3.8, 4) is 5.75 Å². The third kappa shape index (κ3) is 3.48. The Morgan fingerprint density at radius 1 is 1.42 bits per heavy atom. The molecule has 0 spiro atoms. The Hall–Kier alpha value is -2.63. The Kier molecular flexibility index (Phi) is 4.64. The van der Waals surface area contributed by atoms with Crippen molar-refractivity contribution in [2.24, 2.45) is 0 Å². The number of benzene rings is 1. The van der Waals surface area contributed by atoms with Crippen LogP contribution in [0.5, 0.6) is 5.75 Å². The third-order valence-corrected chi connectivity index (χ3v) is 4.37. The molecule has 1 N–H and O–H groups in total. The summed E-state index contributed by atoms with van der Waals surface area (Å²) in [6.07, 6.45) is 1.14. The van der Waals surface area contributed by atoms with E-state index in [2.05, 4.69) is 9.97 Å². The van der Waals surface area contributed by atoms with Gasteiger partial charge in [-0.3, -0.25) is 9.59 Å². The number of para-hydroxylation sites is 1. The van der Waals surface area contributed by atoms with Gasteiger partial charge in [-0.1, -0.05) is 18.2 Å². The van der Waals surface area contributed by atoms with Crippen molar-refractivity contribution in [3.05, 3.63) is 57.8 Å². The number of amides is 1. The van der Waals surface area contributed by atoms with Crippen molar-refractivity contribution in [2.75, 3.05) is 20.2 Å². The fourth-order valence-corrected chi connectivity index (χ4v) is 3.16. The molecule has 1 aromatic carbocycles. The summed E-state index contributed by atoms with van der Waals surface area (Å²) in [5.74, 6) is 1.53. The second-order valence-electron chi connectivity index (χ2n) is 6.07. The highest BCUT2D eigenvalue weighted by molar-refractivity contribution is 5.79. The first-order valence-electron chi connectivity index (χ1n) is 8.04. The minimum absolute atomic E-state index is 0.0727. The maximum atomic E-state index is 12.6. The van der Waals surface area contributed by atoms with Gasteiger partial charge in [0.15, 0.2) is 0 Å². The van der Waals surface area contributed by atoms with Crippen LogP contribution >= 0.6 is 0 Å². The van der Waals surface area contributed by atoms with Gasteiger partial charge in [0.25, 0.3) is 5.56 Å². The topological polar surface area (TPSA) is 75.3 Å². The minimum atomic E-state index is -0.142. The van der Waals surface area contributed by atoms with Crippen molar-refractivity contribution in [2.45, 2.75) is 25.7 Å². The maximum absolute atomic E-state index is 12.6. The summed E-state index contributed by atoms with van der Waals surface area (Å²) in [6, 6.07) is 9.09. The van der Waals surface area contributed by atoms with Gasteiger partial charge in [0.05, 0.1) is 19.2 Å². The molecule has 0 bridgehead atoms. The molecule has 2 aromatic rings. The Morgan fingerprint density at radius 3 is 2.96 bits per heavy atom. The van der Waals surface area contributed by atoms with Crippen molar-refractivity contribution < 1.29 is 9.53 Å². The molecule has 1 unspecified atom stereocenters. The predicted octanol–water partition coefficient (Wildman–Crippen LogP) is 1.65. The summed E-state index contributed by atoms with van der Waals surface area (Å²) in [6.45, 7) is 3.06. The van der Waals surface area contributed by atoms with E-state index in [1.807, 2.05) is 29.2 Å². The van der Waals surface area contributed by atoms with Crippen molar-refractivity contribution in [1.29, 1.82) is 0 Å².